The molecule has 0 bridgehead atoms. The largest absolute Gasteiger partial charge is 0.383 e. The molecular weight excluding hydrogens is 332 g/mol. The number of hydrogen-bond acceptors (Lipinski definition) is 7. The van der Waals surface area contributed by atoms with Gasteiger partial charge in [-0.25, -0.2) is 13.1 Å². The van der Waals surface area contributed by atoms with Crippen LogP contribution in [0.5, 0.6) is 0 Å². The molecule has 0 radical (unpaired) electrons. The van der Waals surface area contributed by atoms with Crippen molar-refractivity contribution in [2.75, 3.05) is 27.3 Å². The number of nitrogens with zero attached hydrogens (tertiary/aromatic N) is 2. The Morgan fingerprint density at radius 3 is 2.88 bits per heavy atom. The molecule has 0 aliphatic carbocycles. The van der Waals surface area contributed by atoms with Gasteiger partial charge >= 0.3 is 0 Å². The van der Waals surface area contributed by atoms with Gasteiger partial charge in [0.15, 0.2) is 5.82 Å². The van der Waals surface area contributed by atoms with E-state index in [2.05, 4.69) is 20.2 Å². The lowest BCUT2D eigenvalue weighted by Gasteiger charge is -2.07. The molecule has 2 aromatic rings. The zero-order valence-corrected chi connectivity index (χ0v) is 14.8. The summed E-state index contributed by atoms with van der Waals surface area (Å²) < 4.78 is 37.0. The van der Waals surface area contributed by atoms with E-state index in [1.54, 1.807) is 12.1 Å². The Balaban J connectivity index is 2.18. The summed E-state index contributed by atoms with van der Waals surface area (Å²) in [5.74, 6) is 0.862. The van der Waals surface area contributed by atoms with Crippen molar-refractivity contribution in [1.82, 2.24) is 20.2 Å². The van der Waals surface area contributed by atoms with E-state index in [0.717, 1.165) is 0 Å². The molecule has 0 spiro atoms. The molecule has 0 saturated carbocycles. The average Bonchev–Trinajstić information content (AvgIpc) is 3.03. The van der Waals surface area contributed by atoms with Gasteiger partial charge in [-0.05, 0) is 32.2 Å². The van der Waals surface area contributed by atoms with Crippen LogP contribution >= 0.6 is 0 Å². The van der Waals surface area contributed by atoms with Gasteiger partial charge in [0.1, 0.15) is 0 Å². The van der Waals surface area contributed by atoms with E-state index >= 15 is 0 Å². The summed E-state index contributed by atoms with van der Waals surface area (Å²) in [6.07, 6.45) is 0.622. The fraction of sp³-hybridized carbons (Fsp3) is 0.467. The highest BCUT2D eigenvalue weighted by molar-refractivity contribution is 7.89. The lowest BCUT2D eigenvalue weighted by atomic mass is 10.2. The van der Waals surface area contributed by atoms with Gasteiger partial charge < -0.3 is 14.6 Å². The minimum atomic E-state index is -3.61. The molecule has 1 aromatic carbocycles. The normalized spacial score (nSPS) is 13.1. The van der Waals surface area contributed by atoms with Crippen LogP contribution in [0.1, 0.15) is 12.7 Å². The molecule has 0 fully saturated rings. The number of likely N-dealkylation sites (N-methyl/N-ethyl adjacent to an activating group) is 1. The second kappa shape index (κ2) is 8.34. The fourth-order valence-corrected chi connectivity index (χ4v) is 3.05. The summed E-state index contributed by atoms with van der Waals surface area (Å²) in [6, 6.07) is 6.60. The highest BCUT2D eigenvalue weighted by Crippen LogP contribution is 2.21. The maximum atomic E-state index is 12.2. The van der Waals surface area contributed by atoms with Gasteiger partial charge in [0, 0.05) is 31.7 Å². The van der Waals surface area contributed by atoms with Gasteiger partial charge in [0.05, 0.1) is 11.5 Å². The zero-order chi connectivity index (χ0) is 17.6. The first-order chi connectivity index (χ1) is 11.5. The molecule has 2 rings (SSSR count). The molecule has 2 N–H and O–H groups in total. The van der Waals surface area contributed by atoms with E-state index in [1.165, 1.54) is 19.2 Å². The molecule has 1 unspecified atom stereocenters. The van der Waals surface area contributed by atoms with Crippen LogP contribution in [0, 0.1) is 0 Å². The van der Waals surface area contributed by atoms with Crippen molar-refractivity contribution in [1.29, 1.82) is 0 Å². The Labute approximate surface area is 141 Å². The second-order valence-electron chi connectivity index (χ2n) is 5.33. The monoisotopic (exact) mass is 354 g/mol. The standard InChI is InChI=1S/C15H22N4O4S/c1-11(16-2)9-14-18-15(23-19-14)12-5-4-6-13(10-12)24(20,21)17-7-8-22-3/h4-6,10-11,16-17H,7-9H2,1-3H3. The van der Waals surface area contributed by atoms with Crippen LogP contribution in [0.3, 0.4) is 0 Å². The first kappa shape index (κ1) is 18.5. The third-order valence-electron chi connectivity index (χ3n) is 3.44. The van der Waals surface area contributed by atoms with Crippen LogP contribution in [0.25, 0.3) is 11.5 Å². The molecule has 0 amide bonds. The number of sulfonamides is 1. The van der Waals surface area contributed by atoms with Crippen LogP contribution in [0.2, 0.25) is 0 Å². The number of aromatic nitrogens is 2. The number of nitrogens with one attached hydrogen (secondary N) is 2. The molecule has 0 aliphatic rings. The van der Waals surface area contributed by atoms with E-state index in [9.17, 15) is 8.42 Å². The second-order valence-corrected chi connectivity index (χ2v) is 7.09. The first-order valence-electron chi connectivity index (χ1n) is 7.55. The molecule has 8 nitrogen and oxygen atoms in total. The van der Waals surface area contributed by atoms with Gasteiger partial charge in [-0.3, -0.25) is 0 Å². The van der Waals surface area contributed by atoms with Crippen molar-refractivity contribution in [3.63, 3.8) is 0 Å². The third kappa shape index (κ3) is 4.84. The van der Waals surface area contributed by atoms with Gasteiger partial charge in [0.2, 0.25) is 10.0 Å². The van der Waals surface area contributed by atoms with Crippen molar-refractivity contribution >= 4 is 10.0 Å². The number of benzene rings is 1. The third-order valence-corrected chi connectivity index (χ3v) is 4.90. The predicted molar refractivity (Wildman–Crippen MR) is 89.0 cm³/mol. The molecule has 9 heteroatoms. The summed E-state index contributed by atoms with van der Waals surface area (Å²) in [6.45, 7) is 2.51. The van der Waals surface area contributed by atoms with E-state index in [-0.39, 0.29) is 17.5 Å². The number of ether oxygens (including phenoxy) is 1. The van der Waals surface area contributed by atoms with Gasteiger partial charge in [-0.2, -0.15) is 4.98 Å². The number of methoxy groups -OCH3 is 1. The van der Waals surface area contributed by atoms with E-state index < -0.39 is 10.0 Å². The highest BCUT2D eigenvalue weighted by Gasteiger charge is 2.16. The molecule has 1 aromatic heterocycles. The van der Waals surface area contributed by atoms with Crippen LogP contribution < -0.4 is 10.0 Å². The Hall–Kier alpha value is -1.81. The molecule has 1 heterocycles. The Morgan fingerprint density at radius 2 is 2.17 bits per heavy atom. The topological polar surface area (TPSA) is 106 Å². The smallest absolute Gasteiger partial charge is 0.257 e. The van der Waals surface area contributed by atoms with Crippen molar-refractivity contribution < 1.29 is 17.7 Å². The van der Waals surface area contributed by atoms with Gasteiger partial charge in [-0.15, -0.1) is 0 Å². The lowest BCUT2D eigenvalue weighted by Crippen LogP contribution is -2.27. The van der Waals surface area contributed by atoms with Crippen LogP contribution in [-0.2, 0) is 21.2 Å². The van der Waals surface area contributed by atoms with Gasteiger partial charge in [-0.1, -0.05) is 11.2 Å². The average molecular weight is 354 g/mol. The lowest BCUT2D eigenvalue weighted by molar-refractivity contribution is 0.204. The number of hydrogen-bond donors (Lipinski definition) is 2. The van der Waals surface area contributed by atoms with Crippen LogP contribution in [0.15, 0.2) is 33.7 Å². The summed E-state index contributed by atoms with van der Waals surface area (Å²) in [7, 11) is -0.240. The van der Waals surface area contributed by atoms with E-state index in [1.807, 2.05) is 14.0 Å². The Kier molecular flexibility index (Phi) is 6.44. The maximum absolute atomic E-state index is 12.2. The number of rotatable bonds is 9. The molecule has 132 valence electrons. The SMILES string of the molecule is CNC(C)Cc1noc(-c2cccc(S(=O)(=O)NCCOC)c2)n1. The van der Waals surface area contributed by atoms with Crippen molar-refractivity contribution in [3.05, 3.63) is 30.1 Å². The summed E-state index contributed by atoms with van der Waals surface area (Å²) in [5.41, 5.74) is 0.556. The molecule has 0 aliphatic heterocycles. The Bertz CT molecular complexity index is 760. The molecule has 24 heavy (non-hydrogen) atoms. The summed E-state index contributed by atoms with van der Waals surface area (Å²) in [5, 5.41) is 7.02. The van der Waals surface area contributed by atoms with Crippen LogP contribution in [-0.4, -0.2) is 51.9 Å². The fourth-order valence-electron chi connectivity index (χ4n) is 1.99. The minimum absolute atomic E-state index is 0.138. The van der Waals surface area contributed by atoms with E-state index in [0.29, 0.717) is 30.3 Å². The van der Waals surface area contributed by atoms with Crippen molar-refractivity contribution in [2.24, 2.45) is 0 Å². The van der Waals surface area contributed by atoms with Crippen molar-refractivity contribution in [3.8, 4) is 11.5 Å². The quantitative estimate of drug-likeness (QED) is 0.642. The highest BCUT2D eigenvalue weighted by atomic mass is 32.2. The molecule has 0 saturated heterocycles. The summed E-state index contributed by atoms with van der Waals surface area (Å²) in [4.78, 5) is 4.45. The Morgan fingerprint density at radius 1 is 1.38 bits per heavy atom. The summed E-state index contributed by atoms with van der Waals surface area (Å²) >= 11 is 0. The minimum Gasteiger partial charge on any atom is -0.383 e. The first-order valence-corrected chi connectivity index (χ1v) is 9.03. The maximum Gasteiger partial charge on any atom is 0.257 e. The van der Waals surface area contributed by atoms with Crippen LogP contribution in [0.4, 0.5) is 0 Å². The predicted octanol–water partition coefficient (Wildman–Crippen LogP) is 0.812. The van der Waals surface area contributed by atoms with Crippen molar-refractivity contribution in [2.45, 2.75) is 24.3 Å². The van der Waals surface area contributed by atoms with E-state index in [4.69, 9.17) is 9.26 Å². The van der Waals surface area contributed by atoms with Gasteiger partial charge in [0.25, 0.3) is 5.89 Å². The molecular formula is C15H22N4O4S. The molecule has 1 atom stereocenters. The zero-order valence-electron chi connectivity index (χ0n) is 13.9.